The average molecular weight is 334 g/mol. The van der Waals surface area contributed by atoms with Gasteiger partial charge in [-0.25, -0.2) is 4.39 Å². The van der Waals surface area contributed by atoms with Crippen molar-refractivity contribution in [3.05, 3.63) is 53.7 Å². The van der Waals surface area contributed by atoms with Crippen LogP contribution in [0.3, 0.4) is 0 Å². The Kier molecular flexibility index (Phi) is 6.36. The number of carbonyl (C=O) groups is 2. The minimum atomic E-state index is -0.418. The standard InChI is InChI=1S/C17H19FN2O4/c1-12-13(7-10-23-12)17(22)20-11-16(21)19-8-4-9-24-15-6-3-2-5-14(15)18/h2-3,5-7,10H,4,8-9,11H2,1H3,(H,19,21)(H,20,22). The van der Waals surface area contributed by atoms with E-state index >= 15 is 0 Å². The summed E-state index contributed by atoms with van der Waals surface area (Å²) in [7, 11) is 0. The Labute approximate surface area is 139 Å². The van der Waals surface area contributed by atoms with Crippen molar-refractivity contribution in [2.75, 3.05) is 19.7 Å². The third kappa shape index (κ3) is 5.12. The van der Waals surface area contributed by atoms with Gasteiger partial charge in [-0.2, -0.15) is 0 Å². The Morgan fingerprint density at radius 3 is 2.71 bits per heavy atom. The second-order valence-corrected chi connectivity index (χ2v) is 5.06. The first-order valence-corrected chi connectivity index (χ1v) is 7.54. The number of nitrogens with one attached hydrogen (secondary N) is 2. The van der Waals surface area contributed by atoms with Crippen LogP contribution in [0.2, 0.25) is 0 Å². The highest BCUT2D eigenvalue weighted by Gasteiger charge is 2.12. The lowest BCUT2D eigenvalue weighted by molar-refractivity contribution is -0.120. The Morgan fingerprint density at radius 2 is 2.00 bits per heavy atom. The molecule has 7 heteroatoms. The molecule has 1 aromatic heterocycles. The summed E-state index contributed by atoms with van der Waals surface area (Å²) in [6.45, 7) is 2.19. The Morgan fingerprint density at radius 1 is 1.21 bits per heavy atom. The molecular formula is C17H19FN2O4. The lowest BCUT2D eigenvalue weighted by Crippen LogP contribution is -2.37. The molecule has 0 saturated heterocycles. The Bertz CT molecular complexity index is 699. The number of ether oxygens (including phenoxy) is 1. The number of halogens is 1. The maximum absolute atomic E-state index is 13.3. The van der Waals surface area contributed by atoms with Crippen molar-refractivity contribution >= 4 is 11.8 Å². The van der Waals surface area contributed by atoms with Gasteiger partial charge in [0.15, 0.2) is 11.6 Å². The molecular weight excluding hydrogens is 315 g/mol. The van der Waals surface area contributed by atoms with Crippen LogP contribution < -0.4 is 15.4 Å². The summed E-state index contributed by atoms with van der Waals surface area (Å²) in [6.07, 6.45) is 1.94. The van der Waals surface area contributed by atoms with Gasteiger partial charge in [0, 0.05) is 6.54 Å². The summed E-state index contributed by atoms with van der Waals surface area (Å²) < 4.78 is 23.6. The summed E-state index contributed by atoms with van der Waals surface area (Å²) in [6, 6.07) is 7.68. The molecule has 0 aliphatic carbocycles. The second kappa shape index (κ2) is 8.71. The predicted molar refractivity (Wildman–Crippen MR) is 85.3 cm³/mol. The van der Waals surface area contributed by atoms with Gasteiger partial charge >= 0.3 is 0 Å². The summed E-state index contributed by atoms with van der Waals surface area (Å²) in [5.41, 5.74) is 0.404. The first kappa shape index (κ1) is 17.5. The molecule has 2 N–H and O–H groups in total. The van der Waals surface area contributed by atoms with Crippen molar-refractivity contribution in [3.63, 3.8) is 0 Å². The molecule has 24 heavy (non-hydrogen) atoms. The van der Waals surface area contributed by atoms with Crippen molar-refractivity contribution in [2.24, 2.45) is 0 Å². The highest BCUT2D eigenvalue weighted by Crippen LogP contribution is 2.15. The van der Waals surface area contributed by atoms with Gasteiger partial charge in [-0.1, -0.05) is 12.1 Å². The first-order chi connectivity index (χ1) is 11.6. The van der Waals surface area contributed by atoms with E-state index in [2.05, 4.69) is 10.6 Å². The zero-order valence-electron chi connectivity index (χ0n) is 13.3. The van der Waals surface area contributed by atoms with Crippen LogP contribution in [0, 0.1) is 12.7 Å². The number of para-hydroxylation sites is 1. The lowest BCUT2D eigenvalue weighted by atomic mass is 10.2. The molecule has 0 aliphatic rings. The van der Waals surface area contributed by atoms with E-state index in [0.29, 0.717) is 24.3 Å². The number of amides is 2. The van der Waals surface area contributed by atoms with Crippen LogP contribution in [-0.4, -0.2) is 31.5 Å². The van der Waals surface area contributed by atoms with E-state index in [9.17, 15) is 14.0 Å². The molecule has 2 amide bonds. The van der Waals surface area contributed by atoms with Crippen molar-refractivity contribution in [1.29, 1.82) is 0 Å². The van der Waals surface area contributed by atoms with E-state index in [0.717, 1.165) is 0 Å². The number of furan rings is 1. The molecule has 0 atom stereocenters. The van der Waals surface area contributed by atoms with E-state index in [-0.39, 0.29) is 30.7 Å². The van der Waals surface area contributed by atoms with Gasteiger partial charge in [0.2, 0.25) is 5.91 Å². The predicted octanol–water partition coefficient (Wildman–Crippen LogP) is 2.04. The van der Waals surface area contributed by atoms with Crippen molar-refractivity contribution in [3.8, 4) is 5.75 Å². The molecule has 6 nitrogen and oxygen atoms in total. The van der Waals surface area contributed by atoms with Crippen LogP contribution in [0.15, 0.2) is 41.0 Å². The quantitative estimate of drug-likeness (QED) is 0.724. The molecule has 1 heterocycles. The van der Waals surface area contributed by atoms with Gasteiger partial charge in [-0.15, -0.1) is 0 Å². The monoisotopic (exact) mass is 334 g/mol. The normalized spacial score (nSPS) is 10.2. The number of aryl methyl sites for hydroxylation is 1. The van der Waals surface area contributed by atoms with Gasteiger partial charge < -0.3 is 19.8 Å². The number of benzene rings is 1. The van der Waals surface area contributed by atoms with Crippen LogP contribution >= 0.6 is 0 Å². The van der Waals surface area contributed by atoms with E-state index in [1.165, 1.54) is 12.3 Å². The van der Waals surface area contributed by atoms with Gasteiger partial charge in [0.05, 0.1) is 25.0 Å². The van der Waals surface area contributed by atoms with E-state index in [1.807, 2.05) is 0 Å². The van der Waals surface area contributed by atoms with Crippen LogP contribution in [0.4, 0.5) is 4.39 Å². The first-order valence-electron chi connectivity index (χ1n) is 7.54. The fraction of sp³-hybridized carbons (Fsp3) is 0.294. The van der Waals surface area contributed by atoms with E-state index in [1.54, 1.807) is 31.2 Å². The van der Waals surface area contributed by atoms with Gasteiger partial charge in [0.1, 0.15) is 5.76 Å². The molecule has 1 aromatic carbocycles. The lowest BCUT2D eigenvalue weighted by Gasteiger charge is -2.08. The van der Waals surface area contributed by atoms with Gasteiger partial charge in [-0.3, -0.25) is 9.59 Å². The number of hydrogen-bond acceptors (Lipinski definition) is 4. The van der Waals surface area contributed by atoms with E-state index < -0.39 is 5.82 Å². The van der Waals surface area contributed by atoms with Crippen LogP contribution in [0.5, 0.6) is 5.75 Å². The zero-order chi connectivity index (χ0) is 17.4. The number of carbonyl (C=O) groups excluding carboxylic acids is 2. The van der Waals surface area contributed by atoms with Crippen molar-refractivity contribution in [1.82, 2.24) is 10.6 Å². The minimum Gasteiger partial charge on any atom is -0.490 e. The van der Waals surface area contributed by atoms with Crippen LogP contribution in [0.25, 0.3) is 0 Å². The Balaban J connectivity index is 1.59. The van der Waals surface area contributed by atoms with Gasteiger partial charge in [-0.05, 0) is 31.5 Å². The molecule has 0 bridgehead atoms. The van der Waals surface area contributed by atoms with Gasteiger partial charge in [0.25, 0.3) is 5.91 Å². The summed E-state index contributed by atoms with van der Waals surface area (Å²) >= 11 is 0. The highest BCUT2D eigenvalue weighted by atomic mass is 19.1. The van der Waals surface area contributed by atoms with Crippen LogP contribution in [0.1, 0.15) is 22.5 Å². The van der Waals surface area contributed by atoms with Crippen LogP contribution in [-0.2, 0) is 4.79 Å². The molecule has 0 unspecified atom stereocenters. The molecule has 0 saturated carbocycles. The number of hydrogen-bond donors (Lipinski definition) is 2. The maximum atomic E-state index is 13.3. The second-order valence-electron chi connectivity index (χ2n) is 5.06. The highest BCUT2D eigenvalue weighted by molar-refractivity contribution is 5.97. The molecule has 0 aliphatic heterocycles. The minimum absolute atomic E-state index is 0.127. The van der Waals surface area contributed by atoms with Crippen molar-refractivity contribution < 1.29 is 23.1 Å². The molecule has 0 spiro atoms. The zero-order valence-corrected chi connectivity index (χ0v) is 13.3. The van der Waals surface area contributed by atoms with E-state index in [4.69, 9.17) is 9.15 Å². The summed E-state index contributed by atoms with van der Waals surface area (Å²) in [5.74, 6) is -0.404. The fourth-order valence-corrected chi connectivity index (χ4v) is 1.98. The topological polar surface area (TPSA) is 80.6 Å². The molecule has 2 aromatic rings. The smallest absolute Gasteiger partial charge is 0.255 e. The summed E-state index contributed by atoms with van der Waals surface area (Å²) in [5, 5.41) is 5.16. The maximum Gasteiger partial charge on any atom is 0.255 e. The third-order valence-corrected chi connectivity index (χ3v) is 3.25. The fourth-order valence-electron chi connectivity index (χ4n) is 1.98. The summed E-state index contributed by atoms with van der Waals surface area (Å²) in [4.78, 5) is 23.4. The Hall–Kier alpha value is -2.83. The largest absolute Gasteiger partial charge is 0.490 e. The molecule has 2 rings (SSSR count). The van der Waals surface area contributed by atoms with Crippen molar-refractivity contribution in [2.45, 2.75) is 13.3 Å². The third-order valence-electron chi connectivity index (χ3n) is 3.25. The average Bonchev–Trinajstić information content (AvgIpc) is 3.00. The molecule has 0 radical (unpaired) electrons. The number of rotatable bonds is 8. The molecule has 128 valence electrons. The molecule has 0 fully saturated rings. The SMILES string of the molecule is Cc1occc1C(=O)NCC(=O)NCCCOc1ccccc1F.